The Balaban J connectivity index is 2.06. The van der Waals surface area contributed by atoms with Crippen molar-refractivity contribution >= 4 is 6.29 Å². The molecule has 1 atom stereocenters. The maximum atomic E-state index is 10.7. The zero-order chi connectivity index (χ0) is 13.9. The molecule has 5 nitrogen and oxygen atoms in total. The topological polar surface area (TPSA) is 54.0 Å². The van der Waals surface area contributed by atoms with Crippen molar-refractivity contribution in [2.45, 2.75) is 57.6 Å². The van der Waals surface area contributed by atoms with Gasteiger partial charge in [0.1, 0.15) is 6.29 Å². The first-order chi connectivity index (χ1) is 9.00. The number of carbonyl (C=O) groups is 1. The fourth-order valence-corrected chi connectivity index (χ4v) is 2.43. The van der Waals surface area contributed by atoms with E-state index in [-0.39, 0.29) is 6.10 Å². The summed E-state index contributed by atoms with van der Waals surface area (Å²) < 4.78 is 22.1. The van der Waals surface area contributed by atoms with E-state index in [2.05, 4.69) is 6.58 Å². The van der Waals surface area contributed by atoms with Gasteiger partial charge in [-0.1, -0.05) is 13.0 Å². The Hall–Kier alpha value is -1.17. The number of hydrogen-bond donors (Lipinski definition) is 0. The first-order valence-electron chi connectivity index (χ1n) is 6.51. The molecule has 19 heavy (non-hydrogen) atoms. The number of aldehydes is 1. The number of carbonyl (C=O) groups excluding carboxylic acids is 1. The minimum Gasteiger partial charge on any atom is -0.425 e. The molecular weight excluding hydrogens is 248 g/mol. The first kappa shape index (κ1) is 14.2. The van der Waals surface area contributed by atoms with Crippen molar-refractivity contribution in [1.82, 2.24) is 0 Å². The van der Waals surface area contributed by atoms with Crippen LogP contribution in [0.2, 0.25) is 0 Å². The fourth-order valence-electron chi connectivity index (χ4n) is 2.43. The summed E-state index contributed by atoms with van der Waals surface area (Å²) >= 11 is 0. The average Bonchev–Trinajstić information content (AvgIpc) is 2.30. The lowest BCUT2D eigenvalue weighted by Gasteiger charge is -2.50. The molecule has 0 spiro atoms. The van der Waals surface area contributed by atoms with Crippen molar-refractivity contribution in [3.8, 4) is 0 Å². The van der Waals surface area contributed by atoms with E-state index in [9.17, 15) is 4.79 Å². The Morgan fingerprint density at radius 1 is 1.37 bits per heavy atom. The number of ether oxygens (including phenoxy) is 4. The zero-order valence-electron chi connectivity index (χ0n) is 11.4. The highest BCUT2D eigenvalue weighted by Crippen LogP contribution is 2.42. The Morgan fingerprint density at radius 3 is 2.68 bits per heavy atom. The maximum Gasteiger partial charge on any atom is 0.465 e. The van der Waals surface area contributed by atoms with Crippen LogP contribution in [0.25, 0.3) is 0 Å². The van der Waals surface area contributed by atoms with Gasteiger partial charge in [-0.05, 0) is 44.8 Å². The molecule has 0 amide bonds. The standard InChI is InChI=1S/C14H20O5/c1-4-16-14(18-13(2,3)19-14)17-12-8-6-5-7-11(12)9-10-15/h4,9-10,12H,1,5-8H2,2-3H3/b11-9+. The van der Waals surface area contributed by atoms with Crippen molar-refractivity contribution in [1.29, 1.82) is 0 Å². The summed E-state index contributed by atoms with van der Waals surface area (Å²) in [6, 6.07) is 0. The molecule has 5 heteroatoms. The quantitative estimate of drug-likeness (QED) is 0.332. The van der Waals surface area contributed by atoms with Gasteiger partial charge in [0.25, 0.3) is 0 Å². The van der Waals surface area contributed by atoms with Crippen LogP contribution in [0.3, 0.4) is 0 Å². The van der Waals surface area contributed by atoms with E-state index in [1.165, 1.54) is 6.26 Å². The van der Waals surface area contributed by atoms with E-state index in [1.54, 1.807) is 19.9 Å². The molecule has 0 bridgehead atoms. The number of rotatable bonds is 5. The average molecular weight is 268 g/mol. The maximum absolute atomic E-state index is 10.7. The molecule has 2 aliphatic rings. The molecule has 0 aromatic carbocycles. The molecule has 1 heterocycles. The Bertz CT molecular complexity index is 377. The summed E-state index contributed by atoms with van der Waals surface area (Å²) in [5, 5.41) is 0. The van der Waals surface area contributed by atoms with Gasteiger partial charge >= 0.3 is 6.16 Å². The minimum atomic E-state index is -1.53. The second-order valence-corrected chi connectivity index (χ2v) is 5.12. The number of hydrogen-bond acceptors (Lipinski definition) is 5. The van der Waals surface area contributed by atoms with E-state index in [0.29, 0.717) is 0 Å². The van der Waals surface area contributed by atoms with Crippen molar-refractivity contribution in [2.75, 3.05) is 0 Å². The van der Waals surface area contributed by atoms with Crippen LogP contribution in [-0.2, 0) is 23.7 Å². The molecule has 1 aliphatic heterocycles. The molecule has 1 unspecified atom stereocenters. The van der Waals surface area contributed by atoms with Crippen LogP contribution in [0.5, 0.6) is 0 Å². The van der Waals surface area contributed by atoms with Crippen LogP contribution in [-0.4, -0.2) is 24.3 Å². The molecule has 0 aromatic heterocycles. The molecule has 106 valence electrons. The van der Waals surface area contributed by atoms with Crippen molar-refractivity contribution in [3.05, 3.63) is 24.5 Å². The first-order valence-corrected chi connectivity index (χ1v) is 6.51. The molecule has 1 saturated carbocycles. The molecule has 1 saturated heterocycles. The van der Waals surface area contributed by atoms with Gasteiger partial charge in [0.15, 0.2) is 5.79 Å². The highest BCUT2D eigenvalue weighted by atomic mass is 17.1. The van der Waals surface area contributed by atoms with Crippen molar-refractivity contribution < 1.29 is 23.7 Å². The molecule has 2 rings (SSSR count). The highest BCUT2D eigenvalue weighted by molar-refractivity contribution is 5.66. The molecular formula is C14H20O5. The van der Waals surface area contributed by atoms with Crippen LogP contribution < -0.4 is 0 Å². The Kier molecular flexibility index (Phi) is 4.08. The molecule has 0 radical (unpaired) electrons. The van der Waals surface area contributed by atoms with E-state index in [4.69, 9.17) is 18.9 Å². The van der Waals surface area contributed by atoms with Crippen LogP contribution in [0.1, 0.15) is 39.5 Å². The molecule has 2 fully saturated rings. The van der Waals surface area contributed by atoms with Gasteiger partial charge in [-0.15, -0.1) is 0 Å². The van der Waals surface area contributed by atoms with Crippen LogP contribution >= 0.6 is 0 Å². The second-order valence-electron chi connectivity index (χ2n) is 5.12. The third kappa shape index (κ3) is 3.23. The van der Waals surface area contributed by atoms with E-state index < -0.39 is 11.9 Å². The molecule has 0 aromatic rings. The summed E-state index contributed by atoms with van der Waals surface area (Å²) in [5.41, 5.74) is 0.949. The zero-order valence-corrected chi connectivity index (χ0v) is 11.4. The van der Waals surface area contributed by atoms with Crippen LogP contribution in [0.4, 0.5) is 0 Å². The predicted octanol–water partition coefficient (Wildman–Crippen LogP) is 2.63. The second kappa shape index (κ2) is 5.45. The van der Waals surface area contributed by atoms with Crippen molar-refractivity contribution in [2.24, 2.45) is 0 Å². The summed E-state index contributed by atoms with van der Waals surface area (Å²) in [5.74, 6) is -0.744. The third-order valence-corrected chi connectivity index (χ3v) is 3.13. The summed E-state index contributed by atoms with van der Waals surface area (Å²) in [7, 11) is 0. The van der Waals surface area contributed by atoms with Crippen LogP contribution in [0.15, 0.2) is 24.5 Å². The normalized spacial score (nSPS) is 30.4. The number of allylic oxidation sites excluding steroid dienone is 1. The lowest BCUT2D eigenvalue weighted by molar-refractivity contribution is -0.649. The highest BCUT2D eigenvalue weighted by Gasteiger charge is 2.58. The Labute approximate surface area is 113 Å². The summed E-state index contributed by atoms with van der Waals surface area (Å²) in [6.07, 6.45) is 5.55. The van der Waals surface area contributed by atoms with Gasteiger partial charge in [-0.3, -0.25) is 19.0 Å². The fraction of sp³-hybridized carbons (Fsp3) is 0.643. The van der Waals surface area contributed by atoms with E-state index in [1.807, 2.05) is 0 Å². The van der Waals surface area contributed by atoms with E-state index >= 15 is 0 Å². The van der Waals surface area contributed by atoms with Crippen LogP contribution in [0, 0.1) is 0 Å². The minimum absolute atomic E-state index is 0.227. The van der Waals surface area contributed by atoms with Gasteiger partial charge in [0.05, 0.1) is 12.4 Å². The predicted molar refractivity (Wildman–Crippen MR) is 67.8 cm³/mol. The molecule has 1 aliphatic carbocycles. The van der Waals surface area contributed by atoms with Crippen molar-refractivity contribution in [3.63, 3.8) is 0 Å². The van der Waals surface area contributed by atoms with Gasteiger partial charge in [0.2, 0.25) is 0 Å². The summed E-state index contributed by atoms with van der Waals surface area (Å²) in [6.45, 7) is 7.03. The monoisotopic (exact) mass is 268 g/mol. The largest absolute Gasteiger partial charge is 0.465 e. The van der Waals surface area contributed by atoms with Gasteiger partial charge in [0, 0.05) is 0 Å². The van der Waals surface area contributed by atoms with E-state index in [0.717, 1.165) is 37.5 Å². The summed E-state index contributed by atoms with van der Waals surface area (Å²) in [4.78, 5) is 10.7. The van der Waals surface area contributed by atoms with Gasteiger partial charge in [-0.2, -0.15) is 0 Å². The SMILES string of the molecule is C=COC1(OC2CCCC/C2=C\C=O)OC(C)(C)O1. The lowest BCUT2D eigenvalue weighted by Crippen LogP contribution is -2.63. The smallest absolute Gasteiger partial charge is 0.425 e. The van der Waals surface area contributed by atoms with Gasteiger partial charge < -0.3 is 4.74 Å². The Morgan fingerprint density at radius 2 is 2.11 bits per heavy atom. The van der Waals surface area contributed by atoms with Gasteiger partial charge in [-0.25, -0.2) is 0 Å². The third-order valence-electron chi connectivity index (χ3n) is 3.13. The lowest BCUT2D eigenvalue weighted by atomic mass is 9.92. The molecule has 0 N–H and O–H groups in total.